The predicted molar refractivity (Wildman–Crippen MR) is 93.3 cm³/mol. The Morgan fingerprint density at radius 2 is 1.71 bits per heavy atom. The van der Waals surface area contributed by atoms with E-state index in [0.717, 1.165) is 16.8 Å². The van der Waals surface area contributed by atoms with E-state index in [9.17, 15) is 4.79 Å². The number of thiocarbonyl (C=S) groups is 1. The van der Waals surface area contributed by atoms with Gasteiger partial charge in [0.2, 0.25) is 0 Å². The number of para-hydroxylation sites is 1. The van der Waals surface area contributed by atoms with Gasteiger partial charge in [-0.1, -0.05) is 72.5 Å². The summed E-state index contributed by atoms with van der Waals surface area (Å²) in [6.07, 6.45) is 1.89. The molecule has 0 aromatic heterocycles. The molecule has 2 aromatic carbocycles. The van der Waals surface area contributed by atoms with Gasteiger partial charge in [0.05, 0.1) is 10.6 Å². The van der Waals surface area contributed by atoms with Crippen molar-refractivity contribution in [3.63, 3.8) is 0 Å². The van der Waals surface area contributed by atoms with Gasteiger partial charge in [0, 0.05) is 0 Å². The van der Waals surface area contributed by atoms with Crippen molar-refractivity contribution in [2.75, 3.05) is 4.90 Å². The number of benzene rings is 2. The molecule has 1 amide bonds. The number of anilines is 1. The number of carbonyl (C=O) groups excluding carboxylic acids is 1. The third-order valence-corrected chi connectivity index (χ3v) is 4.55. The number of hydrogen-bond donors (Lipinski definition) is 0. The maximum Gasteiger partial charge on any atom is 0.270 e. The highest BCUT2D eigenvalue weighted by atomic mass is 32.2. The minimum atomic E-state index is -0.0526. The summed E-state index contributed by atoms with van der Waals surface area (Å²) in [6.45, 7) is 1.98. The topological polar surface area (TPSA) is 20.3 Å². The fourth-order valence-electron chi connectivity index (χ4n) is 2.19. The van der Waals surface area contributed by atoms with E-state index in [0.29, 0.717) is 9.23 Å². The van der Waals surface area contributed by atoms with Gasteiger partial charge in [-0.2, -0.15) is 0 Å². The lowest BCUT2D eigenvalue weighted by Gasteiger charge is -2.16. The molecule has 2 nitrogen and oxygen atoms in total. The Bertz CT molecular complexity index is 737. The van der Waals surface area contributed by atoms with Gasteiger partial charge in [-0.05, 0) is 30.2 Å². The molecule has 0 radical (unpaired) electrons. The first-order valence-electron chi connectivity index (χ1n) is 6.55. The van der Waals surface area contributed by atoms with Crippen molar-refractivity contribution in [2.24, 2.45) is 0 Å². The van der Waals surface area contributed by atoms with Gasteiger partial charge in [0.15, 0.2) is 4.32 Å². The summed E-state index contributed by atoms with van der Waals surface area (Å²) in [5, 5.41) is 0. The molecule has 0 saturated carbocycles. The van der Waals surface area contributed by atoms with Crippen molar-refractivity contribution < 1.29 is 4.79 Å². The molecule has 1 fully saturated rings. The van der Waals surface area contributed by atoms with Crippen LogP contribution in [0.25, 0.3) is 6.08 Å². The number of carbonyl (C=O) groups is 1. The molecule has 0 aliphatic carbocycles. The molecular formula is C17H13NOS2. The number of rotatable bonds is 2. The highest BCUT2D eigenvalue weighted by Crippen LogP contribution is 2.37. The molecule has 0 spiro atoms. The predicted octanol–water partition coefficient (Wildman–Crippen LogP) is 4.40. The fraction of sp³-hybridized carbons (Fsp3) is 0.0588. The average Bonchev–Trinajstić information content (AvgIpc) is 2.76. The quantitative estimate of drug-likeness (QED) is 0.605. The van der Waals surface area contributed by atoms with Crippen molar-refractivity contribution in [1.82, 2.24) is 0 Å². The van der Waals surface area contributed by atoms with Crippen LogP contribution in [0.3, 0.4) is 0 Å². The number of nitrogens with zero attached hydrogens (tertiary/aromatic N) is 1. The van der Waals surface area contributed by atoms with E-state index in [1.807, 2.05) is 67.6 Å². The van der Waals surface area contributed by atoms with Gasteiger partial charge in [-0.3, -0.25) is 9.69 Å². The zero-order chi connectivity index (χ0) is 14.8. The molecule has 0 unspecified atom stereocenters. The van der Waals surface area contributed by atoms with Crippen LogP contribution in [0.4, 0.5) is 5.69 Å². The van der Waals surface area contributed by atoms with E-state index in [1.54, 1.807) is 4.90 Å². The number of aryl methyl sites for hydroxylation is 1. The Morgan fingerprint density at radius 3 is 2.43 bits per heavy atom. The van der Waals surface area contributed by atoms with Crippen LogP contribution in [-0.2, 0) is 4.79 Å². The van der Waals surface area contributed by atoms with E-state index in [2.05, 4.69) is 0 Å². The summed E-state index contributed by atoms with van der Waals surface area (Å²) < 4.78 is 0.580. The first-order chi connectivity index (χ1) is 10.2. The van der Waals surface area contributed by atoms with Crippen LogP contribution in [-0.4, -0.2) is 10.2 Å². The fourth-order valence-corrected chi connectivity index (χ4v) is 3.48. The second-order valence-electron chi connectivity index (χ2n) is 4.71. The smallest absolute Gasteiger partial charge is 0.268 e. The summed E-state index contributed by atoms with van der Waals surface area (Å²) in [5.41, 5.74) is 2.90. The SMILES string of the molecule is Cc1ccccc1N1C(=O)/C(=C/c2ccccc2)SC1=S. The molecule has 2 aromatic rings. The summed E-state index contributed by atoms with van der Waals surface area (Å²) in [7, 11) is 0. The number of hydrogen-bond acceptors (Lipinski definition) is 3. The Balaban J connectivity index is 1.97. The third kappa shape index (κ3) is 2.77. The van der Waals surface area contributed by atoms with Gasteiger partial charge in [-0.15, -0.1) is 0 Å². The molecular weight excluding hydrogens is 298 g/mol. The van der Waals surface area contributed by atoms with E-state index in [-0.39, 0.29) is 5.91 Å². The van der Waals surface area contributed by atoms with Gasteiger partial charge >= 0.3 is 0 Å². The minimum absolute atomic E-state index is 0.0526. The molecule has 1 saturated heterocycles. The third-order valence-electron chi connectivity index (χ3n) is 3.25. The van der Waals surface area contributed by atoms with Crippen molar-refractivity contribution >= 4 is 46.0 Å². The maximum atomic E-state index is 12.6. The normalized spacial score (nSPS) is 16.8. The highest BCUT2D eigenvalue weighted by Gasteiger charge is 2.33. The summed E-state index contributed by atoms with van der Waals surface area (Å²) in [6, 6.07) is 17.6. The zero-order valence-electron chi connectivity index (χ0n) is 11.4. The van der Waals surface area contributed by atoms with Crippen LogP contribution in [0.1, 0.15) is 11.1 Å². The monoisotopic (exact) mass is 311 g/mol. The van der Waals surface area contributed by atoms with Crippen molar-refractivity contribution in [1.29, 1.82) is 0 Å². The van der Waals surface area contributed by atoms with Crippen molar-refractivity contribution in [3.05, 3.63) is 70.6 Å². The first-order valence-corrected chi connectivity index (χ1v) is 7.78. The Kier molecular flexibility index (Phi) is 3.90. The molecule has 1 aliphatic rings. The molecule has 1 heterocycles. The van der Waals surface area contributed by atoms with Crippen LogP contribution in [0, 0.1) is 6.92 Å². The number of amides is 1. The Morgan fingerprint density at radius 1 is 1.05 bits per heavy atom. The summed E-state index contributed by atoms with van der Waals surface area (Å²) in [5.74, 6) is -0.0526. The van der Waals surface area contributed by atoms with Crippen molar-refractivity contribution in [3.8, 4) is 0 Å². The molecule has 0 atom stereocenters. The van der Waals surface area contributed by atoms with Crippen molar-refractivity contribution in [2.45, 2.75) is 6.92 Å². The lowest BCUT2D eigenvalue weighted by molar-refractivity contribution is -0.113. The number of thioether (sulfide) groups is 1. The van der Waals surface area contributed by atoms with Crippen LogP contribution >= 0.6 is 24.0 Å². The molecule has 21 heavy (non-hydrogen) atoms. The second kappa shape index (κ2) is 5.84. The molecule has 1 aliphatic heterocycles. The molecule has 4 heteroatoms. The lowest BCUT2D eigenvalue weighted by atomic mass is 10.1. The van der Waals surface area contributed by atoms with Crippen LogP contribution in [0.2, 0.25) is 0 Å². The van der Waals surface area contributed by atoms with E-state index in [4.69, 9.17) is 12.2 Å². The largest absolute Gasteiger partial charge is 0.270 e. The summed E-state index contributed by atoms with van der Waals surface area (Å²) in [4.78, 5) is 14.9. The average molecular weight is 311 g/mol. The maximum absolute atomic E-state index is 12.6. The van der Waals surface area contributed by atoms with Gasteiger partial charge < -0.3 is 0 Å². The Hall–Kier alpha value is -1.91. The molecule has 0 N–H and O–H groups in total. The molecule has 0 bridgehead atoms. The lowest BCUT2D eigenvalue weighted by Crippen LogP contribution is -2.28. The van der Waals surface area contributed by atoms with E-state index >= 15 is 0 Å². The van der Waals surface area contributed by atoms with E-state index < -0.39 is 0 Å². The first kappa shape index (κ1) is 14.0. The van der Waals surface area contributed by atoms with E-state index in [1.165, 1.54) is 11.8 Å². The molecule has 104 valence electrons. The van der Waals surface area contributed by atoms with Crippen LogP contribution in [0.15, 0.2) is 59.5 Å². The van der Waals surface area contributed by atoms with Crippen LogP contribution in [0.5, 0.6) is 0 Å². The van der Waals surface area contributed by atoms with Crippen LogP contribution < -0.4 is 4.90 Å². The zero-order valence-corrected chi connectivity index (χ0v) is 13.1. The second-order valence-corrected chi connectivity index (χ2v) is 6.39. The minimum Gasteiger partial charge on any atom is -0.268 e. The highest BCUT2D eigenvalue weighted by molar-refractivity contribution is 8.27. The Labute approximate surface area is 133 Å². The standard InChI is InChI=1S/C17H13NOS2/c1-12-7-5-6-10-14(12)18-16(19)15(21-17(18)20)11-13-8-3-2-4-9-13/h2-11H,1H3/b15-11-. The summed E-state index contributed by atoms with van der Waals surface area (Å²) >= 11 is 6.73. The van der Waals surface area contributed by atoms with Gasteiger partial charge in [0.25, 0.3) is 5.91 Å². The molecule has 3 rings (SSSR count). The van der Waals surface area contributed by atoms with Gasteiger partial charge in [-0.25, -0.2) is 0 Å². The van der Waals surface area contributed by atoms with Gasteiger partial charge in [0.1, 0.15) is 0 Å².